The van der Waals surface area contributed by atoms with E-state index < -0.39 is 11.2 Å². The van der Waals surface area contributed by atoms with Crippen LogP contribution in [0.25, 0.3) is 0 Å². The predicted octanol–water partition coefficient (Wildman–Crippen LogP) is 5.33. The first-order valence-corrected chi connectivity index (χ1v) is 12.5. The number of carbonyl (C=O) groups is 3. The fourth-order valence-electron chi connectivity index (χ4n) is 3.60. The summed E-state index contributed by atoms with van der Waals surface area (Å²) in [5.74, 6) is -0.941. The number of methoxy groups -OCH3 is 1. The van der Waals surface area contributed by atoms with Gasteiger partial charge in [-0.05, 0) is 60.5 Å². The molecule has 0 radical (unpaired) electrons. The number of hydrogen-bond donors (Lipinski definition) is 1. The van der Waals surface area contributed by atoms with Crippen LogP contribution < -0.4 is 5.32 Å². The van der Waals surface area contributed by atoms with Crippen molar-refractivity contribution in [3.8, 4) is 0 Å². The molecule has 0 spiro atoms. The number of carbonyl (C=O) groups excluding carboxylic acids is 3. The largest absolute Gasteiger partial charge is 0.465 e. The van der Waals surface area contributed by atoms with Crippen LogP contribution in [0.3, 0.4) is 0 Å². The maximum Gasteiger partial charge on any atom is 0.337 e. The molecule has 184 valence electrons. The van der Waals surface area contributed by atoms with Gasteiger partial charge in [0.15, 0.2) is 5.17 Å². The molecule has 7 nitrogen and oxygen atoms in total. The number of hydrogen-bond acceptors (Lipinski definition) is 6. The molecule has 3 aromatic carbocycles. The first-order valence-electron chi connectivity index (χ1n) is 11.3. The Kier molecular flexibility index (Phi) is 8.40. The number of halogens is 1. The Morgan fingerprint density at radius 3 is 2.42 bits per heavy atom. The third kappa shape index (κ3) is 6.53. The van der Waals surface area contributed by atoms with E-state index in [1.54, 1.807) is 53.4 Å². The van der Waals surface area contributed by atoms with Crippen molar-refractivity contribution < 1.29 is 19.1 Å². The Morgan fingerprint density at radius 2 is 1.75 bits per heavy atom. The van der Waals surface area contributed by atoms with Crippen molar-refractivity contribution in [1.82, 2.24) is 4.90 Å². The minimum absolute atomic E-state index is 0.0468. The molecule has 1 saturated heterocycles. The quantitative estimate of drug-likeness (QED) is 0.424. The number of benzene rings is 3. The van der Waals surface area contributed by atoms with Gasteiger partial charge in [0.1, 0.15) is 5.25 Å². The molecule has 1 heterocycles. The van der Waals surface area contributed by atoms with Crippen LogP contribution in [0.15, 0.2) is 83.9 Å². The molecule has 0 bridgehead atoms. The molecule has 1 atom stereocenters. The van der Waals surface area contributed by atoms with Gasteiger partial charge in [-0.2, -0.15) is 0 Å². The summed E-state index contributed by atoms with van der Waals surface area (Å²) in [7, 11) is 1.31. The Bertz CT molecular complexity index is 1260. The van der Waals surface area contributed by atoms with Crippen LogP contribution in [-0.4, -0.2) is 46.8 Å². The Hall–Kier alpha value is -3.62. The molecular formula is C27H24ClN3O4S. The predicted molar refractivity (Wildman–Crippen MR) is 143 cm³/mol. The van der Waals surface area contributed by atoms with Gasteiger partial charge in [0.2, 0.25) is 11.8 Å². The zero-order chi connectivity index (χ0) is 25.5. The van der Waals surface area contributed by atoms with Crippen molar-refractivity contribution in [2.45, 2.75) is 18.1 Å². The molecule has 1 fully saturated rings. The summed E-state index contributed by atoms with van der Waals surface area (Å²) >= 11 is 7.26. The fourth-order valence-corrected chi connectivity index (χ4v) is 4.85. The van der Waals surface area contributed by atoms with Crippen molar-refractivity contribution in [2.24, 2.45) is 4.99 Å². The molecule has 1 aliphatic rings. The Balaban J connectivity index is 1.51. The lowest BCUT2D eigenvalue weighted by Crippen LogP contribution is -2.46. The molecule has 9 heteroatoms. The number of anilines is 1. The summed E-state index contributed by atoms with van der Waals surface area (Å²) in [6, 6.07) is 23.3. The second-order valence-corrected chi connectivity index (χ2v) is 9.63. The van der Waals surface area contributed by atoms with Gasteiger partial charge in [-0.15, -0.1) is 0 Å². The lowest BCUT2D eigenvalue weighted by atomic mass is 10.1. The SMILES string of the molecule is COC(=O)c1ccc(NC(=O)[C@H]2CC(=O)N(CCc3ccccc3)C(=Nc3ccc(Cl)cc3)S2)cc1. The number of amidine groups is 1. The molecule has 0 aliphatic carbocycles. The molecular weight excluding hydrogens is 498 g/mol. The maximum absolute atomic E-state index is 13.2. The second kappa shape index (κ2) is 11.9. The van der Waals surface area contributed by atoms with Crippen LogP contribution in [0.5, 0.6) is 0 Å². The smallest absolute Gasteiger partial charge is 0.337 e. The highest BCUT2D eigenvalue weighted by Crippen LogP contribution is 2.30. The van der Waals surface area contributed by atoms with E-state index in [2.05, 4.69) is 10.3 Å². The summed E-state index contributed by atoms with van der Waals surface area (Å²) in [5.41, 5.74) is 2.64. The normalized spacial score (nSPS) is 16.6. The molecule has 0 aromatic heterocycles. The van der Waals surface area contributed by atoms with E-state index in [1.807, 2.05) is 30.3 Å². The third-order valence-corrected chi connectivity index (χ3v) is 6.96. The number of thioether (sulfide) groups is 1. The highest BCUT2D eigenvalue weighted by Gasteiger charge is 2.35. The van der Waals surface area contributed by atoms with Crippen LogP contribution in [0, 0.1) is 0 Å². The topological polar surface area (TPSA) is 88.1 Å². The van der Waals surface area contributed by atoms with E-state index in [9.17, 15) is 14.4 Å². The van der Waals surface area contributed by atoms with Gasteiger partial charge in [-0.3, -0.25) is 14.5 Å². The van der Waals surface area contributed by atoms with Crippen molar-refractivity contribution in [3.05, 3.63) is 95.0 Å². The van der Waals surface area contributed by atoms with Crippen molar-refractivity contribution in [2.75, 3.05) is 19.0 Å². The van der Waals surface area contributed by atoms with Gasteiger partial charge < -0.3 is 10.1 Å². The molecule has 36 heavy (non-hydrogen) atoms. The molecule has 2 amide bonds. The standard InChI is InChI=1S/C27H24ClN3O4S/c1-35-26(34)19-7-11-21(12-8-19)29-25(33)23-17-24(32)31(16-15-18-5-3-2-4-6-18)27(36-23)30-22-13-9-20(28)10-14-22/h2-14,23H,15-17H2,1H3,(H,29,33)/t23-/m1/s1. The minimum atomic E-state index is -0.656. The number of rotatable bonds is 7. The highest BCUT2D eigenvalue weighted by molar-refractivity contribution is 8.15. The molecule has 1 N–H and O–H groups in total. The number of aliphatic imine (C=N–C) groups is 1. The number of nitrogens with zero attached hydrogens (tertiary/aromatic N) is 2. The monoisotopic (exact) mass is 521 g/mol. The number of amides is 2. The molecule has 0 unspecified atom stereocenters. The van der Waals surface area contributed by atoms with Gasteiger partial charge >= 0.3 is 5.97 Å². The van der Waals surface area contributed by atoms with Crippen LogP contribution in [0.4, 0.5) is 11.4 Å². The summed E-state index contributed by atoms with van der Waals surface area (Å²) < 4.78 is 4.70. The van der Waals surface area contributed by atoms with Crippen molar-refractivity contribution in [1.29, 1.82) is 0 Å². The Labute approximate surface area is 218 Å². The average Bonchev–Trinajstić information content (AvgIpc) is 2.90. The zero-order valence-corrected chi connectivity index (χ0v) is 21.1. The van der Waals surface area contributed by atoms with Crippen LogP contribution >= 0.6 is 23.4 Å². The maximum atomic E-state index is 13.2. The van der Waals surface area contributed by atoms with E-state index >= 15 is 0 Å². The summed E-state index contributed by atoms with van der Waals surface area (Å²) in [4.78, 5) is 44.2. The van der Waals surface area contributed by atoms with Gasteiger partial charge in [0.25, 0.3) is 0 Å². The second-order valence-electron chi connectivity index (χ2n) is 8.02. The molecule has 4 rings (SSSR count). The van der Waals surface area contributed by atoms with E-state index in [4.69, 9.17) is 16.3 Å². The van der Waals surface area contributed by atoms with E-state index in [0.29, 0.717) is 40.1 Å². The van der Waals surface area contributed by atoms with Gasteiger partial charge in [-0.1, -0.05) is 53.7 Å². The van der Waals surface area contributed by atoms with E-state index in [1.165, 1.54) is 18.9 Å². The lowest BCUT2D eigenvalue weighted by molar-refractivity contribution is -0.129. The zero-order valence-electron chi connectivity index (χ0n) is 19.5. The third-order valence-electron chi connectivity index (χ3n) is 5.52. The number of ether oxygens (including phenoxy) is 1. The lowest BCUT2D eigenvalue weighted by Gasteiger charge is -2.32. The molecule has 1 aliphatic heterocycles. The summed E-state index contributed by atoms with van der Waals surface area (Å²) in [6.07, 6.45) is 0.710. The van der Waals surface area contributed by atoms with Crippen molar-refractivity contribution >= 4 is 57.7 Å². The fraction of sp³-hybridized carbons (Fsp3) is 0.185. The molecule has 0 saturated carbocycles. The highest BCUT2D eigenvalue weighted by atomic mass is 35.5. The first kappa shape index (κ1) is 25.5. The van der Waals surface area contributed by atoms with Crippen molar-refractivity contribution in [3.63, 3.8) is 0 Å². The van der Waals surface area contributed by atoms with Gasteiger partial charge in [-0.25, -0.2) is 9.79 Å². The number of nitrogens with one attached hydrogen (secondary N) is 1. The first-order chi connectivity index (χ1) is 17.4. The van der Waals surface area contributed by atoms with Crippen LogP contribution in [0.2, 0.25) is 5.02 Å². The van der Waals surface area contributed by atoms with Gasteiger partial charge in [0.05, 0.1) is 18.4 Å². The Morgan fingerprint density at radius 1 is 1.06 bits per heavy atom. The van der Waals surface area contributed by atoms with E-state index in [0.717, 1.165) is 5.56 Å². The number of esters is 1. The molecule has 3 aromatic rings. The van der Waals surface area contributed by atoms with E-state index in [-0.39, 0.29) is 18.2 Å². The van der Waals surface area contributed by atoms with Crippen LogP contribution in [0.1, 0.15) is 22.3 Å². The summed E-state index contributed by atoms with van der Waals surface area (Å²) in [5, 5.41) is 3.22. The summed E-state index contributed by atoms with van der Waals surface area (Å²) in [6.45, 7) is 0.450. The average molecular weight is 522 g/mol. The van der Waals surface area contributed by atoms with Gasteiger partial charge in [0, 0.05) is 23.7 Å². The van der Waals surface area contributed by atoms with Crippen LogP contribution in [-0.2, 0) is 20.7 Å². The minimum Gasteiger partial charge on any atom is -0.465 e.